The molecular weight excluding hydrogens is 238 g/mol. The van der Waals surface area contributed by atoms with Crippen molar-refractivity contribution in [3.05, 3.63) is 42.6 Å². The SMILES string of the molecule is CS(=O)(=O)c1ccc(OC2C=CC=CC2)nc1. The van der Waals surface area contributed by atoms with E-state index in [2.05, 4.69) is 4.98 Å². The summed E-state index contributed by atoms with van der Waals surface area (Å²) in [5, 5.41) is 0. The van der Waals surface area contributed by atoms with Gasteiger partial charge in [-0.25, -0.2) is 13.4 Å². The summed E-state index contributed by atoms with van der Waals surface area (Å²) in [6, 6.07) is 3.07. The van der Waals surface area contributed by atoms with E-state index < -0.39 is 9.84 Å². The van der Waals surface area contributed by atoms with Crippen LogP contribution >= 0.6 is 0 Å². The van der Waals surface area contributed by atoms with Gasteiger partial charge in [-0.05, 0) is 12.1 Å². The minimum absolute atomic E-state index is 0.0309. The van der Waals surface area contributed by atoms with Gasteiger partial charge in [0.1, 0.15) is 6.10 Å². The summed E-state index contributed by atoms with van der Waals surface area (Å²) in [5.41, 5.74) is 0. The van der Waals surface area contributed by atoms with Gasteiger partial charge in [0.2, 0.25) is 5.88 Å². The first kappa shape index (κ1) is 11.9. The van der Waals surface area contributed by atoms with E-state index in [1.165, 1.54) is 12.3 Å². The Labute approximate surface area is 101 Å². The Bertz CT molecular complexity index is 544. The number of nitrogens with zero attached hydrogens (tertiary/aromatic N) is 1. The van der Waals surface area contributed by atoms with E-state index in [0.717, 1.165) is 12.7 Å². The zero-order valence-corrected chi connectivity index (χ0v) is 10.2. The van der Waals surface area contributed by atoms with Gasteiger partial charge in [-0.3, -0.25) is 0 Å². The minimum Gasteiger partial charge on any atom is -0.470 e. The summed E-state index contributed by atoms with van der Waals surface area (Å²) >= 11 is 0. The normalized spacial score (nSPS) is 19.2. The van der Waals surface area contributed by atoms with E-state index >= 15 is 0 Å². The molecule has 1 aliphatic rings. The van der Waals surface area contributed by atoms with Gasteiger partial charge in [-0.15, -0.1) is 0 Å². The maximum Gasteiger partial charge on any atom is 0.213 e. The lowest BCUT2D eigenvalue weighted by Crippen LogP contribution is -2.14. The van der Waals surface area contributed by atoms with Gasteiger partial charge < -0.3 is 4.74 Å². The number of sulfone groups is 1. The van der Waals surface area contributed by atoms with Gasteiger partial charge in [0, 0.05) is 24.9 Å². The maximum atomic E-state index is 11.2. The Morgan fingerprint density at radius 1 is 1.35 bits per heavy atom. The van der Waals surface area contributed by atoms with Crippen molar-refractivity contribution in [2.45, 2.75) is 17.4 Å². The molecule has 1 atom stereocenters. The first-order valence-electron chi connectivity index (χ1n) is 5.22. The van der Waals surface area contributed by atoms with Crippen LogP contribution in [0.25, 0.3) is 0 Å². The highest BCUT2D eigenvalue weighted by molar-refractivity contribution is 7.90. The van der Waals surface area contributed by atoms with Crippen LogP contribution in [0.3, 0.4) is 0 Å². The summed E-state index contributed by atoms with van der Waals surface area (Å²) in [6.07, 6.45) is 11.1. The molecule has 1 heterocycles. The molecule has 0 N–H and O–H groups in total. The summed E-state index contributed by atoms with van der Waals surface area (Å²) in [7, 11) is -3.20. The van der Waals surface area contributed by atoms with Crippen molar-refractivity contribution in [1.82, 2.24) is 4.98 Å². The third-order valence-electron chi connectivity index (χ3n) is 2.35. The van der Waals surface area contributed by atoms with Gasteiger partial charge >= 0.3 is 0 Å². The molecule has 0 saturated heterocycles. The van der Waals surface area contributed by atoms with Crippen molar-refractivity contribution >= 4 is 9.84 Å². The topological polar surface area (TPSA) is 56.3 Å². The molecule has 0 saturated carbocycles. The van der Waals surface area contributed by atoms with Gasteiger partial charge in [-0.2, -0.15) is 0 Å². The van der Waals surface area contributed by atoms with Crippen LogP contribution in [-0.2, 0) is 9.84 Å². The van der Waals surface area contributed by atoms with E-state index in [4.69, 9.17) is 4.74 Å². The Hall–Kier alpha value is -1.62. The quantitative estimate of drug-likeness (QED) is 0.821. The molecule has 1 unspecified atom stereocenters. The van der Waals surface area contributed by atoms with Crippen LogP contribution in [0.5, 0.6) is 5.88 Å². The summed E-state index contributed by atoms with van der Waals surface area (Å²) in [4.78, 5) is 4.18. The van der Waals surface area contributed by atoms with Crippen LogP contribution < -0.4 is 4.74 Å². The highest BCUT2D eigenvalue weighted by atomic mass is 32.2. The van der Waals surface area contributed by atoms with Gasteiger partial charge in [0.15, 0.2) is 9.84 Å². The average molecular weight is 251 g/mol. The fraction of sp³-hybridized carbons (Fsp3) is 0.250. The molecule has 1 aliphatic carbocycles. The fourth-order valence-corrected chi connectivity index (χ4v) is 2.02. The molecule has 0 bridgehead atoms. The predicted molar refractivity (Wildman–Crippen MR) is 64.7 cm³/mol. The van der Waals surface area contributed by atoms with Crippen molar-refractivity contribution in [2.24, 2.45) is 0 Å². The predicted octanol–water partition coefficient (Wildman–Crippen LogP) is 1.75. The van der Waals surface area contributed by atoms with E-state index in [-0.39, 0.29) is 11.0 Å². The number of hydrogen-bond acceptors (Lipinski definition) is 4. The zero-order chi connectivity index (χ0) is 12.3. The van der Waals surface area contributed by atoms with E-state index in [1.807, 2.05) is 24.3 Å². The fourth-order valence-electron chi connectivity index (χ4n) is 1.46. The Balaban J connectivity index is 2.08. The molecule has 1 aromatic heterocycles. The zero-order valence-electron chi connectivity index (χ0n) is 9.41. The van der Waals surface area contributed by atoms with Crippen LogP contribution in [0.2, 0.25) is 0 Å². The maximum absolute atomic E-state index is 11.2. The monoisotopic (exact) mass is 251 g/mol. The molecule has 1 aromatic rings. The van der Waals surface area contributed by atoms with Crippen LogP contribution in [0.1, 0.15) is 6.42 Å². The molecule has 0 spiro atoms. The second kappa shape index (κ2) is 4.71. The van der Waals surface area contributed by atoms with Crippen molar-refractivity contribution < 1.29 is 13.2 Å². The molecule has 0 aromatic carbocycles. The smallest absolute Gasteiger partial charge is 0.213 e. The highest BCUT2D eigenvalue weighted by Gasteiger charge is 2.10. The molecule has 0 amide bonds. The molecule has 2 rings (SSSR count). The van der Waals surface area contributed by atoms with Crippen molar-refractivity contribution in [2.75, 3.05) is 6.26 Å². The Kier molecular flexibility index (Phi) is 3.28. The molecule has 4 nitrogen and oxygen atoms in total. The molecule has 0 radical (unpaired) electrons. The highest BCUT2D eigenvalue weighted by Crippen LogP contribution is 2.16. The van der Waals surface area contributed by atoms with Crippen LogP contribution in [0, 0.1) is 0 Å². The van der Waals surface area contributed by atoms with Crippen molar-refractivity contribution in [1.29, 1.82) is 0 Å². The second-order valence-electron chi connectivity index (χ2n) is 3.81. The molecule has 90 valence electrons. The molecular formula is C12H13NO3S. The van der Waals surface area contributed by atoms with Crippen LogP contribution in [0.4, 0.5) is 0 Å². The van der Waals surface area contributed by atoms with Gasteiger partial charge in [-0.1, -0.05) is 18.2 Å². The average Bonchev–Trinajstić information content (AvgIpc) is 2.30. The molecule has 17 heavy (non-hydrogen) atoms. The minimum atomic E-state index is -3.20. The van der Waals surface area contributed by atoms with Crippen LogP contribution in [-0.4, -0.2) is 25.8 Å². The number of rotatable bonds is 3. The van der Waals surface area contributed by atoms with Crippen molar-refractivity contribution in [3.8, 4) is 5.88 Å². The summed E-state index contributed by atoms with van der Waals surface area (Å²) < 4.78 is 28.0. The first-order chi connectivity index (χ1) is 8.05. The lowest BCUT2D eigenvalue weighted by molar-refractivity contribution is 0.241. The summed E-state index contributed by atoms with van der Waals surface area (Å²) in [5.74, 6) is 0.433. The number of pyridine rings is 1. The lowest BCUT2D eigenvalue weighted by Gasteiger charge is -2.14. The number of aromatic nitrogens is 1. The van der Waals surface area contributed by atoms with Crippen LogP contribution in [0.15, 0.2) is 47.5 Å². The third kappa shape index (κ3) is 3.17. The standard InChI is InChI=1S/C12H13NO3S/c1-17(14,15)11-7-8-12(13-9-11)16-10-5-3-2-4-6-10/h2-5,7-10H,6H2,1H3. The molecule has 0 aliphatic heterocycles. The van der Waals surface area contributed by atoms with Crippen molar-refractivity contribution in [3.63, 3.8) is 0 Å². The third-order valence-corrected chi connectivity index (χ3v) is 3.45. The first-order valence-corrected chi connectivity index (χ1v) is 7.11. The Morgan fingerprint density at radius 2 is 2.18 bits per heavy atom. The molecule has 0 fully saturated rings. The largest absolute Gasteiger partial charge is 0.470 e. The number of allylic oxidation sites excluding steroid dienone is 2. The number of hydrogen-bond donors (Lipinski definition) is 0. The summed E-state index contributed by atoms with van der Waals surface area (Å²) in [6.45, 7) is 0. The van der Waals surface area contributed by atoms with E-state index in [9.17, 15) is 8.42 Å². The Morgan fingerprint density at radius 3 is 2.71 bits per heavy atom. The van der Waals surface area contributed by atoms with Gasteiger partial charge in [0.25, 0.3) is 0 Å². The lowest BCUT2D eigenvalue weighted by atomic mass is 10.1. The van der Waals surface area contributed by atoms with E-state index in [0.29, 0.717) is 5.88 Å². The molecule has 5 heteroatoms. The van der Waals surface area contributed by atoms with Gasteiger partial charge in [0.05, 0.1) is 4.90 Å². The van der Waals surface area contributed by atoms with E-state index in [1.54, 1.807) is 6.07 Å². The number of ether oxygens (including phenoxy) is 1. The second-order valence-corrected chi connectivity index (χ2v) is 5.83.